The molecule has 5 nitrogen and oxygen atoms in total. The van der Waals surface area contributed by atoms with Crippen LogP contribution in [0.15, 0.2) is 0 Å². The van der Waals surface area contributed by atoms with E-state index in [0.29, 0.717) is 26.1 Å². The molecule has 6 heteroatoms. The first-order valence-electron chi connectivity index (χ1n) is 6.53. The van der Waals surface area contributed by atoms with Gasteiger partial charge in [-0.15, -0.1) is 9.24 Å². The summed E-state index contributed by atoms with van der Waals surface area (Å²) >= 11 is 0. The number of nitrogens with two attached hydrogens (primary N) is 1. The maximum absolute atomic E-state index is 10.6. The Morgan fingerprint density at radius 2 is 2.00 bits per heavy atom. The van der Waals surface area contributed by atoms with Gasteiger partial charge in [0.1, 0.15) is 0 Å². The smallest absolute Gasteiger partial charge is 0.303 e. The number of aliphatic carboxylic acids is 1. The van der Waals surface area contributed by atoms with Gasteiger partial charge in [0.05, 0.1) is 19.6 Å². The number of ether oxygens (including phenoxy) is 2. The Bertz CT molecular complexity index is 256. The molecular weight excluding hydrogens is 253 g/mol. The summed E-state index contributed by atoms with van der Waals surface area (Å²) in [6.07, 6.45) is 5.10. The molecule has 0 aliphatic carbocycles. The van der Waals surface area contributed by atoms with Crippen molar-refractivity contribution in [2.45, 2.75) is 50.4 Å². The van der Waals surface area contributed by atoms with Gasteiger partial charge in [0.15, 0.2) is 5.79 Å². The molecule has 1 fully saturated rings. The van der Waals surface area contributed by atoms with Gasteiger partial charge in [-0.05, 0) is 25.4 Å². The van der Waals surface area contributed by atoms with Crippen LogP contribution in [-0.4, -0.2) is 42.3 Å². The van der Waals surface area contributed by atoms with Crippen LogP contribution in [0.2, 0.25) is 0 Å². The van der Waals surface area contributed by atoms with Crippen molar-refractivity contribution < 1.29 is 19.4 Å². The molecule has 0 aromatic rings. The normalized spacial score (nSPS) is 19.9. The van der Waals surface area contributed by atoms with Crippen molar-refractivity contribution in [3.8, 4) is 0 Å². The van der Waals surface area contributed by atoms with Crippen LogP contribution in [-0.2, 0) is 14.3 Å². The Morgan fingerprint density at radius 1 is 1.33 bits per heavy atom. The lowest BCUT2D eigenvalue weighted by atomic mass is 9.99. The number of hydrogen-bond acceptors (Lipinski definition) is 4. The molecule has 2 unspecified atom stereocenters. The van der Waals surface area contributed by atoms with Gasteiger partial charge in [-0.2, -0.15) is 0 Å². The van der Waals surface area contributed by atoms with Gasteiger partial charge in [-0.3, -0.25) is 4.79 Å². The minimum absolute atomic E-state index is 0.0703. The second kappa shape index (κ2) is 8.05. The van der Waals surface area contributed by atoms with E-state index in [1.807, 2.05) is 0 Å². The fraction of sp³-hybridized carbons (Fsp3) is 0.917. The van der Waals surface area contributed by atoms with E-state index in [1.54, 1.807) is 0 Å². The third-order valence-electron chi connectivity index (χ3n) is 3.21. The number of carbonyl (C=O) groups is 1. The molecule has 0 saturated carbocycles. The molecule has 1 aliphatic heterocycles. The van der Waals surface area contributed by atoms with E-state index in [2.05, 4.69) is 9.24 Å². The molecule has 1 heterocycles. The van der Waals surface area contributed by atoms with Crippen molar-refractivity contribution >= 4 is 15.2 Å². The number of rotatable bonds is 9. The van der Waals surface area contributed by atoms with Crippen molar-refractivity contribution in [3.05, 3.63) is 0 Å². The van der Waals surface area contributed by atoms with Crippen LogP contribution in [0.3, 0.4) is 0 Å². The first-order valence-corrected chi connectivity index (χ1v) is 7.35. The zero-order valence-corrected chi connectivity index (χ0v) is 11.9. The molecule has 1 aliphatic rings. The van der Waals surface area contributed by atoms with E-state index >= 15 is 0 Å². The van der Waals surface area contributed by atoms with Gasteiger partial charge in [-0.25, -0.2) is 0 Å². The summed E-state index contributed by atoms with van der Waals surface area (Å²) in [5.74, 6) is -1.53. The molecule has 18 heavy (non-hydrogen) atoms. The Balaban J connectivity index is 2.35. The molecular formula is C12H24NO4P. The molecule has 0 bridgehead atoms. The quantitative estimate of drug-likeness (QED) is 0.622. The predicted octanol–water partition coefficient (Wildman–Crippen LogP) is 1.36. The van der Waals surface area contributed by atoms with Crippen molar-refractivity contribution in [1.82, 2.24) is 0 Å². The highest BCUT2D eigenvalue weighted by Crippen LogP contribution is 2.30. The summed E-state index contributed by atoms with van der Waals surface area (Å²) in [6, 6.07) is 0.139. The topological polar surface area (TPSA) is 81.8 Å². The molecule has 2 atom stereocenters. The van der Waals surface area contributed by atoms with E-state index < -0.39 is 11.8 Å². The van der Waals surface area contributed by atoms with E-state index in [9.17, 15) is 4.79 Å². The van der Waals surface area contributed by atoms with Crippen LogP contribution in [0.5, 0.6) is 0 Å². The van der Waals surface area contributed by atoms with Crippen molar-refractivity contribution in [1.29, 1.82) is 0 Å². The lowest BCUT2D eigenvalue weighted by Crippen LogP contribution is -2.34. The molecule has 3 N–H and O–H groups in total. The van der Waals surface area contributed by atoms with Gasteiger partial charge in [0.25, 0.3) is 0 Å². The second-order valence-electron chi connectivity index (χ2n) is 4.73. The third-order valence-corrected chi connectivity index (χ3v) is 3.62. The summed E-state index contributed by atoms with van der Waals surface area (Å²) in [5, 5.41) is 8.74. The monoisotopic (exact) mass is 277 g/mol. The van der Waals surface area contributed by atoms with E-state index in [1.165, 1.54) is 0 Å². The summed E-state index contributed by atoms with van der Waals surface area (Å²) < 4.78 is 11.2. The Morgan fingerprint density at radius 3 is 2.56 bits per heavy atom. The minimum atomic E-state index is -0.819. The van der Waals surface area contributed by atoms with Crippen molar-refractivity contribution in [3.63, 3.8) is 0 Å². The second-order valence-corrected chi connectivity index (χ2v) is 5.31. The molecule has 106 valence electrons. The predicted molar refractivity (Wildman–Crippen MR) is 72.5 cm³/mol. The van der Waals surface area contributed by atoms with E-state index in [-0.39, 0.29) is 12.5 Å². The Labute approximate surface area is 111 Å². The van der Waals surface area contributed by atoms with E-state index in [0.717, 1.165) is 25.4 Å². The van der Waals surface area contributed by atoms with Crippen molar-refractivity contribution in [2.75, 3.05) is 19.4 Å². The summed E-state index contributed by atoms with van der Waals surface area (Å²) in [5.41, 5.74) is 6.02. The van der Waals surface area contributed by atoms with Crippen LogP contribution in [0.25, 0.3) is 0 Å². The minimum Gasteiger partial charge on any atom is -0.481 e. The first kappa shape index (κ1) is 15.8. The van der Waals surface area contributed by atoms with Crippen LogP contribution in [0, 0.1) is 0 Å². The maximum atomic E-state index is 10.6. The zero-order valence-electron chi connectivity index (χ0n) is 10.8. The highest BCUT2D eigenvalue weighted by molar-refractivity contribution is 7.16. The fourth-order valence-corrected chi connectivity index (χ4v) is 2.37. The van der Waals surface area contributed by atoms with Crippen LogP contribution in [0.4, 0.5) is 0 Å². The van der Waals surface area contributed by atoms with Crippen LogP contribution < -0.4 is 5.73 Å². The fourth-order valence-electron chi connectivity index (χ4n) is 2.14. The largest absolute Gasteiger partial charge is 0.481 e. The lowest BCUT2D eigenvalue weighted by Gasteiger charge is -2.28. The Kier molecular flexibility index (Phi) is 7.08. The number of carboxylic acids is 1. The highest BCUT2D eigenvalue weighted by Gasteiger charge is 2.36. The maximum Gasteiger partial charge on any atom is 0.303 e. The molecule has 1 rings (SSSR count). The summed E-state index contributed by atoms with van der Waals surface area (Å²) in [6.45, 7) is 1.08. The summed E-state index contributed by atoms with van der Waals surface area (Å²) in [4.78, 5) is 10.6. The summed E-state index contributed by atoms with van der Waals surface area (Å²) in [7, 11) is 2.69. The first-order chi connectivity index (χ1) is 8.58. The zero-order chi connectivity index (χ0) is 13.4. The van der Waals surface area contributed by atoms with Crippen molar-refractivity contribution in [2.24, 2.45) is 5.73 Å². The Hall–Kier alpha value is -0.220. The molecule has 0 aromatic carbocycles. The average molecular weight is 277 g/mol. The van der Waals surface area contributed by atoms with Gasteiger partial charge < -0.3 is 20.3 Å². The SMILES string of the molecule is NC(CCCP)CCC1(CCC(=O)O)OCCO1. The molecule has 0 aromatic heterocycles. The molecule has 1 saturated heterocycles. The van der Waals surface area contributed by atoms with Crippen LogP contribution in [0.1, 0.15) is 38.5 Å². The van der Waals surface area contributed by atoms with Gasteiger partial charge in [0, 0.05) is 18.9 Å². The van der Waals surface area contributed by atoms with Gasteiger partial charge in [-0.1, -0.05) is 0 Å². The highest BCUT2D eigenvalue weighted by atomic mass is 31.0. The van der Waals surface area contributed by atoms with Crippen LogP contribution >= 0.6 is 9.24 Å². The molecule has 0 spiro atoms. The standard InChI is InChI=1S/C12H24NO4P/c13-10(2-1-9-18)3-5-12(6-4-11(14)15)16-7-8-17-12/h10H,1-9,13,18H2,(H,14,15). The number of hydrogen-bond donors (Lipinski definition) is 2. The van der Waals surface area contributed by atoms with Gasteiger partial charge >= 0.3 is 5.97 Å². The number of carboxylic acid groups (broad SMARTS) is 1. The average Bonchev–Trinajstić information content (AvgIpc) is 2.81. The van der Waals surface area contributed by atoms with E-state index in [4.69, 9.17) is 20.3 Å². The van der Waals surface area contributed by atoms with Gasteiger partial charge in [0.2, 0.25) is 0 Å². The molecule has 0 radical (unpaired) electrons. The lowest BCUT2D eigenvalue weighted by molar-refractivity contribution is -0.173. The molecule has 0 amide bonds. The third kappa shape index (κ3) is 5.61.